The fraction of sp³-hybridized carbons (Fsp3) is 0.643. The zero-order chi connectivity index (χ0) is 12.3. The van der Waals surface area contributed by atoms with Crippen LogP contribution in [-0.2, 0) is 6.54 Å². The van der Waals surface area contributed by atoms with Gasteiger partial charge in [0.2, 0.25) is 0 Å². The van der Waals surface area contributed by atoms with Crippen LogP contribution >= 0.6 is 12.4 Å². The molecular weight excluding hydrogens is 246 g/mol. The van der Waals surface area contributed by atoms with Crippen molar-refractivity contribution in [3.8, 4) is 0 Å². The Hall–Kier alpha value is -0.640. The highest BCUT2D eigenvalue weighted by Crippen LogP contribution is 2.23. The van der Waals surface area contributed by atoms with Gasteiger partial charge in [-0.05, 0) is 43.9 Å². The molecule has 0 radical (unpaired) electrons. The second-order valence-corrected chi connectivity index (χ2v) is 5.26. The first kappa shape index (κ1) is 15.4. The van der Waals surface area contributed by atoms with Gasteiger partial charge in [-0.15, -0.1) is 12.4 Å². The Bertz CT molecular complexity index is 370. The predicted octanol–water partition coefficient (Wildman–Crippen LogP) is 2.37. The van der Waals surface area contributed by atoms with Gasteiger partial charge in [-0.3, -0.25) is 9.88 Å². The molecule has 0 bridgehead atoms. The molecule has 1 aromatic heterocycles. The van der Waals surface area contributed by atoms with E-state index >= 15 is 0 Å². The molecule has 18 heavy (non-hydrogen) atoms. The van der Waals surface area contributed by atoms with E-state index in [1.54, 1.807) is 0 Å². The van der Waals surface area contributed by atoms with Crippen molar-refractivity contribution in [3.05, 3.63) is 29.6 Å². The van der Waals surface area contributed by atoms with Crippen LogP contribution in [0.5, 0.6) is 0 Å². The standard InChI is InChI=1S/C14H23N3.ClH/c1-11-5-7-17(13(8-11)9-15)10-14-12(2)4-3-6-16-14;/h3-4,6,11,13H,5,7-10,15H2,1-2H3;1H. The summed E-state index contributed by atoms with van der Waals surface area (Å²) in [4.78, 5) is 6.97. The summed E-state index contributed by atoms with van der Waals surface area (Å²) < 4.78 is 0. The van der Waals surface area contributed by atoms with Gasteiger partial charge in [0.15, 0.2) is 0 Å². The highest BCUT2D eigenvalue weighted by atomic mass is 35.5. The molecular formula is C14H24ClN3. The van der Waals surface area contributed by atoms with E-state index in [0.29, 0.717) is 6.04 Å². The molecule has 1 aromatic rings. The molecule has 0 aromatic carbocycles. The summed E-state index contributed by atoms with van der Waals surface area (Å²) in [5, 5.41) is 0. The van der Waals surface area contributed by atoms with Crippen molar-refractivity contribution in [2.24, 2.45) is 11.7 Å². The number of nitrogens with two attached hydrogens (primary N) is 1. The molecule has 2 heterocycles. The van der Waals surface area contributed by atoms with E-state index in [9.17, 15) is 0 Å². The largest absolute Gasteiger partial charge is 0.329 e. The molecule has 1 aliphatic heterocycles. The van der Waals surface area contributed by atoms with Crippen LogP contribution in [0.3, 0.4) is 0 Å². The molecule has 2 N–H and O–H groups in total. The zero-order valence-electron chi connectivity index (χ0n) is 11.3. The molecule has 3 nitrogen and oxygen atoms in total. The average molecular weight is 270 g/mol. The summed E-state index contributed by atoms with van der Waals surface area (Å²) in [6.45, 7) is 7.31. The van der Waals surface area contributed by atoms with Gasteiger partial charge in [-0.2, -0.15) is 0 Å². The fourth-order valence-electron chi connectivity index (χ4n) is 2.63. The van der Waals surface area contributed by atoms with Crippen LogP contribution in [0.1, 0.15) is 31.0 Å². The Morgan fingerprint density at radius 1 is 1.50 bits per heavy atom. The average Bonchev–Trinajstić information content (AvgIpc) is 2.34. The molecule has 1 saturated heterocycles. The Morgan fingerprint density at radius 3 is 2.94 bits per heavy atom. The van der Waals surface area contributed by atoms with Gasteiger partial charge in [0.25, 0.3) is 0 Å². The third-order valence-electron chi connectivity index (χ3n) is 3.84. The van der Waals surface area contributed by atoms with Crippen molar-refractivity contribution in [2.45, 2.75) is 39.3 Å². The lowest BCUT2D eigenvalue weighted by Crippen LogP contribution is -2.45. The van der Waals surface area contributed by atoms with Crippen LogP contribution in [0, 0.1) is 12.8 Å². The maximum Gasteiger partial charge on any atom is 0.0573 e. The number of hydrogen-bond donors (Lipinski definition) is 1. The van der Waals surface area contributed by atoms with E-state index < -0.39 is 0 Å². The molecule has 0 spiro atoms. The van der Waals surface area contributed by atoms with Crippen LogP contribution in [0.4, 0.5) is 0 Å². The van der Waals surface area contributed by atoms with Crippen molar-refractivity contribution in [2.75, 3.05) is 13.1 Å². The summed E-state index contributed by atoms with van der Waals surface area (Å²) in [6.07, 6.45) is 4.39. The van der Waals surface area contributed by atoms with Gasteiger partial charge in [0.05, 0.1) is 5.69 Å². The van der Waals surface area contributed by atoms with Gasteiger partial charge in [-0.1, -0.05) is 13.0 Å². The van der Waals surface area contributed by atoms with Crippen molar-refractivity contribution in [3.63, 3.8) is 0 Å². The lowest BCUT2D eigenvalue weighted by atomic mass is 9.92. The summed E-state index contributed by atoms with van der Waals surface area (Å²) >= 11 is 0. The molecule has 2 unspecified atom stereocenters. The monoisotopic (exact) mass is 269 g/mol. The van der Waals surface area contributed by atoms with E-state index in [0.717, 1.165) is 25.6 Å². The molecule has 1 aliphatic rings. The minimum atomic E-state index is 0. The maximum atomic E-state index is 5.89. The number of hydrogen-bond acceptors (Lipinski definition) is 3. The van der Waals surface area contributed by atoms with Gasteiger partial charge in [-0.25, -0.2) is 0 Å². The third kappa shape index (κ3) is 3.67. The topological polar surface area (TPSA) is 42.2 Å². The van der Waals surface area contributed by atoms with Crippen molar-refractivity contribution in [1.29, 1.82) is 0 Å². The van der Waals surface area contributed by atoms with Gasteiger partial charge in [0, 0.05) is 25.3 Å². The lowest BCUT2D eigenvalue weighted by Gasteiger charge is -2.37. The molecule has 1 fully saturated rings. The lowest BCUT2D eigenvalue weighted by molar-refractivity contribution is 0.113. The molecule has 0 aliphatic carbocycles. The first-order valence-corrected chi connectivity index (χ1v) is 6.55. The van der Waals surface area contributed by atoms with E-state index in [4.69, 9.17) is 5.73 Å². The molecule has 4 heteroatoms. The highest BCUT2D eigenvalue weighted by Gasteiger charge is 2.25. The van der Waals surface area contributed by atoms with E-state index in [-0.39, 0.29) is 12.4 Å². The molecule has 2 atom stereocenters. The first-order chi connectivity index (χ1) is 8.20. The Morgan fingerprint density at radius 2 is 2.28 bits per heavy atom. The fourth-order valence-corrected chi connectivity index (χ4v) is 2.63. The number of nitrogens with zero attached hydrogens (tertiary/aromatic N) is 2. The highest BCUT2D eigenvalue weighted by molar-refractivity contribution is 5.85. The Balaban J connectivity index is 0.00000162. The number of rotatable bonds is 3. The second kappa shape index (κ2) is 7.07. The first-order valence-electron chi connectivity index (χ1n) is 6.55. The molecule has 2 rings (SSSR count). The van der Waals surface area contributed by atoms with Gasteiger partial charge in [0.1, 0.15) is 0 Å². The van der Waals surface area contributed by atoms with Crippen molar-refractivity contribution >= 4 is 12.4 Å². The van der Waals surface area contributed by atoms with Crippen molar-refractivity contribution < 1.29 is 0 Å². The normalized spacial score (nSPS) is 24.6. The maximum absolute atomic E-state index is 5.89. The van der Waals surface area contributed by atoms with E-state index in [1.807, 2.05) is 12.3 Å². The van der Waals surface area contributed by atoms with Crippen LogP contribution < -0.4 is 5.73 Å². The Labute approximate surface area is 116 Å². The van der Waals surface area contributed by atoms with Gasteiger partial charge < -0.3 is 5.73 Å². The summed E-state index contributed by atoms with van der Waals surface area (Å²) in [5.74, 6) is 0.810. The number of piperidine rings is 1. The number of halogens is 1. The van der Waals surface area contributed by atoms with Gasteiger partial charge >= 0.3 is 0 Å². The quantitative estimate of drug-likeness (QED) is 0.916. The minimum absolute atomic E-state index is 0. The van der Waals surface area contributed by atoms with Crippen LogP contribution in [0.15, 0.2) is 18.3 Å². The van der Waals surface area contributed by atoms with E-state index in [1.165, 1.54) is 24.1 Å². The van der Waals surface area contributed by atoms with Crippen molar-refractivity contribution in [1.82, 2.24) is 9.88 Å². The SMILES string of the molecule is Cc1cccnc1CN1CCC(C)CC1CN.Cl. The molecule has 0 saturated carbocycles. The summed E-state index contributed by atoms with van der Waals surface area (Å²) in [6, 6.07) is 4.66. The molecule has 0 amide bonds. The minimum Gasteiger partial charge on any atom is -0.329 e. The second-order valence-electron chi connectivity index (χ2n) is 5.26. The van der Waals surface area contributed by atoms with E-state index in [2.05, 4.69) is 29.8 Å². The smallest absolute Gasteiger partial charge is 0.0573 e. The zero-order valence-corrected chi connectivity index (χ0v) is 12.1. The number of aromatic nitrogens is 1. The number of aryl methyl sites for hydroxylation is 1. The summed E-state index contributed by atoms with van der Waals surface area (Å²) in [7, 11) is 0. The number of likely N-dealkylation sites (tertiary alicyclic amines) is 1. The van der Waals surface area contributed by atoms with Crippen LogP contribution in [-0.4, -0.2) is 29.0 Å². The van der Waals surface area contributed by atoms with Crippen LogP contribution in [0.2, 0.25) is 0 Å². The number of pyridine rings is 1. The Kier molecular flexibility index (Phi) is 6.06. The third-order valence-corrected chi connectivity index (χ3v) is 3.84. The molecule has 102 valence electrons. The predicted molar refractivity (Wildman–Crippen MR) is 77.9 cm³/mol. The summed E-state index contributed by atoms with van der Waals surface area (Å²) in [5.41, 5.74) is 8.36. The van der Waals surface area contributed by atoms with Crippen LogP contribution in [0.25, 0.3) is 0 Å².